The molecule has 130 valence electrons. The van der Waals surface area contributed by atoms with E-state index in [0.717, 1.165) is 16.8 Å². The highest BCUT2D eigenvalue weighted by molar-refractivity contribution is 6.32. The molecule has 0 spiro atoms. The molecule has 0 aliphatic rings. The number of para-hydroxylation sites is 1. The van der Waals surface area contributed by atoms with Crippen LogP contribution >= 0.6 is 11.6 Å². The second-order valence-corrected chi connectivity index (χ2v) is 6.10. The van der Waals surface area contributed by atoms with Crippen LogP contribution in [0.25, 0.3) is 6.08 Å². The van der Waals surface area contributed by atoms with Crippen molar-refractivity contribution in [1.82, 2.24) is 0 Å². The number of carbonyl (C=O) groups is 2. The first-order chi connectivity index (χ1) is 11.9. The average Bonchev–Trinajstić information content (AvgIpc) is 2.57. The molecule has 1 N–H and O–H groups in total. The summed E-state index contributed by atoms with van der Waals surface area (Å²) in [6, 6.07) is 12.9. The molecule has 0 heterocycles. The third-order valence-electron chi connectivity index (χ3n) is 3.70. The Bertz CT molecular complexity index is 794. The Hall–Kier alpha value is -2.59. The van der Waals surface area contributed by atoms with E-state index in [1.807, 2.05) is 38.1 Å². The van der Waals surface area contributed by atoms with Crippen LogP contribution in [0.4, 0.5) is 5.69 Å². The number of carbonyl (C=O) groups excluding carboxylic acids is 2. The summed E-state index contributed by atoms with van der Waals surface area (Å²) in [5, 5.41) is 3.34. The van der Waals surface area contributed by atoms with Gasteiger partial charge in [-0.05, 0) is 49.6 Å². The molecule has 0 aromatic heterocycles. The third-order valence-corrected chi connectivity index (χ3v) is 4.04. The van der Waals surface area contributed by atoms with E-state index in [1.54, 1.807) is 24.3 Å². The fraction of sp³-hybridized carbons (Fsp3) is 0.200. The van der Waals surface area contributed by atoms with E-state index in [0.29, 0.717) is 10.6 Å². The van der Waals surface area contributed by atoms with Crippen molar-refractivity contribution in [3.8, 4) is 0 Å². The summed E-state index contributed by atoms with van der Waals surface area (Å²) < 4.78 is 5.14. The molecule has 2 aromatic carbocycles. The number of anilines is 1. The maximum absolute atomic E-state index is 12.2. The molecule has 2 rings (SSSR count). The molecule has 0 aliphatic carbocycles. The highest BCUT2D eigenvalue weighted by atomic mass is 35.5. The molecule has 1 unspecified atom stereocenters. The first-order valence-corrected chi connectivity index (χ1v) is 8.26. The summed E-state index contributed by atoms with van der Waals surface area (Å²) in [7, 11) is 0. The van der Waals surface area contributed by atoms with Gasteiger partial charge < -0.3 is 10.1 Å². The van der Waals surface area contributed by atoms with Gasteiger partial charge in [-0.1, -0.05) is 48.0 Å². The van der Waals surface area contributed by atoms with Crippen molar-refractivity contribution in [2.24, 2.45) is 0 Å². The summed E-state index contributed by atoms with van der Waals surface area (Å²) in [5.74, 6) is -0.985. The van der Waals surface area contributed by atoms with Crippen molar-refractivity contribution in [2.75, 3.05) is 5.32 Å². The number of hydrogen-bond donors (Lipinski definition) is 1. The number of ether oxygens (including phenoxy) is 1. The van der Waals surface area contributed by atoms with Crippen LogP contribution in [-0.4, -0.2) is 18.0 Å². The molecular formula is C20H20ClNO3. The molecule has 1 atom stereocenters. The standard InChI is InChI=1S/C20H20ClNO3/c1-13-7-6-8-14(2)19(13)22-20(24)15(3)25-18(23)12-11-16-9-4-5-10-17(16)21/h4-12,15H,1-3H3,(H,22,24)/b12-11+. The topological polar surface area (TPSA) is 55.4 Å². The van der Waals surface area contributed by atoms with Gasteiger partial charge in [0.15, 0.2) is 6.10 Å². The second-order valence-electron chi connectivity index (χ2n) is 5.69. The predicted octanol–water partition coefficient (Wildman–Crippen LogP) is 4.54. The van der Waals surface area contributed by atoms with Crippen molar-refractivity contribution in [2.45, 2.75) is 26.9 Å². The smallest absolute Gasteiger partial charge is 0.331 e. The average molecular weight is 358 g/mol. The number of hydrogen-bond acceptors (Lipinski definition) is 3. The Morgan fingerprint density at radius 3 is 2.36 bits per heavy atom. The Morgan fingerprint density at radius 1 is 1.08 bits per heavy atom. The summed E-state index contributed by atoms with van der Waals surface area (Å²) in [6.45, 7) is 5.35. The zero-order chi connectivity index (χ0) is 18.4. The van der Waals surface area contributed by atoms with E-state index in [4.69, 9.17) is 16.3 Å². The molecule has 0 fully saturated rings. The number of rotatable bonds is 5. The Balaban J connectivity index is 1.97. The van der Waals surface area contributed by atoms with Gasteiger partial charge in [-0.25, -0.2) is 4.79 Å². The van der Waals surface area contributed by atoms with Gasteiger partial charge in [-0.3, -0.25) is 4.79 Å². The van der Waals surface area contributed by atoms with Crippen LogP contribution in [0.5, 0.6) is 0 Å². The number of nitrogens with one attached hydrogen (secondary N) is 1. The van der Waals surface area contributed by atoms with E-state index in [1.165, 1.54) is 13.0 Å². The van der Waals surface area contributed by atoms with Crippen LogP contribution in [0.1, 0.15) is 23.6 Å². The zero-order valence-electron chi connectivity index (χ0n) is 14.4. The third kappa shape index (κ3) is 5.19. The summed E-state index contributed by atoms with van der Waals surface area (Å²) in [4.78, 5) is 24.1. The summed E-state index contributed by atoms with van der Waals surface area (Å²) in [5.41, 5.74) is 3.34. The van der Waals surface area contributed by atoms with Crippen LogP contribution in [0, 0.1) is 13.8 Å². The Morgan fingerprint density at radius 2 is 1.72 bits per heavy atom. The van der Waals surface area contributed by atoms with E-state index in [-0.39, 0.29) is 5.91 Å². The lowest BCUT2D eigenvalue weighted by Crippen LogP contribution is -2.30. The minimum absolute atomic E-state index is 0.378. The molecule has 0 aliphatic heterocycles. The van der Waals surface area contributed by atoms with E-state index < -0.39 is 12.1 Å². The maximum atomic E-state index is 12.2. The summed E-state index contributed by atoms with van der Waals surface area (Å²) >= 11 is 6.02. The van der Waals surface area contributed by atoms with Gasteiger partial charge in [0.25, 0.3) is 5.91 Å². The van der Waals surface area contributed by atoms with E-state index in [2.05, 4.69) is 5.32 Å². The molecule has 25 heavy (non-hydrogen) atoms. The first-order valence-electron chi connectivity index (χ1n) is 7.89. The molecular weight excluding hydrogens is 338 g/mol. The molecule has 5 heteroatoms. The maximum Gasteiger partial charge on any atom is 0.331 e. The number of amides is 1. The Kier molecular flexibility index (Phi) is 6.37. The van der Waals surface area contributed by atoms with Crippen molar-refractivity contribution >= 4 is 35.2 Å². The first kappa shape index (κ1) is 18.7. The van der Waals surface area contributed by atoms with Gasteiger partial charge in [0.05, 0.1) is 0 Å². The largest absolute Gasteiger partial charge is 0.449 e. The second kappa shape index (κ2) is 8.49. The highest BCUT2D eigenvalue weighted by Crippen LogP contribution is 2.20. The van der Waals surface area contributed by atoms with Crippen LogP contribution in [0.15, 0.2) is 48.5 Å². The number of benzene rings is 2. The molecule has 0 saturated heterocycles. The monoisotopic (exact) mass is 357 g/mol. The van der Waals surface area contributed by atoms with Crippen molar-refractivity contribution in [1.29, 1.82) is 0 Å². The number of esters is 1. The van der Waals surface area contributed by atoms with Crippen molar-refractivity contribution in [3.63, 3.8) is 0 Å². The van der Waals surface area contributed by atoms with Crippen molar-refractivity contribution in [3.05, 3.63) is 70.3 Å². The van der Waals surface area contributed by atoms with Gasteiger partial charge in [0, 0.05) is 16.8 Å². The molecule has 4 nitrogen and oxygen atoms in total. The quantitative estimate of drug-likeness (QED) is 0.631. The lowest BCUT2D eigenvalue weighted by Gasteiger charge is -2.15. The summed E-state index contributed by atoms with van der Waals surface area (Å²) in [6.07, 6.45) is 1.90. The van der Waals surface area contributed by atoms with Crippen LogP contribution in [0.2, 0.25) is 5.02 Å². The van der Waals surface area contributed by atoms with Gasteiger partial charge in [0.1, 0.15) is 0 Å². The molecule has 2 aromatic rings. The van der Waals surface area contributed by atoms with Gasteiger partial charge in [0.2, 0.25) is 0 Å². The normalized spacial score (nSPS) is 12.0. The molecule has 1 amide bonds. The number of aryl methyl sites for hydroxylation is 2. The molecule has 0 saturated carbocycles. The predicted molar refractivity (Wildman–Crippen MR) is 101 cm³/mol. The fourth-order valence-electron chi connectivity index (χ4n) is 2.27. The Labute approximate surface area is 152 Å². The van der Waals surface area contributed by atoms with E-state index >= 15 is 0 Å². The minimum Gasteiger partial charge on any atom is -0.449 e. The minimum atomic E-state index is -0.914. The van der Waals surface area contributed by atoms with Gasteiger partial charge in [-0.15, -0.1) is 0 Å². The van der Waals surface area contributed by atoms with E-state index in [9.17, 15) is 9.59 Å². The molecule has 0 bridgehead atoms. The van der Waals surface area contributed by atoms with Gasteiger partial charge >= 0.3 is 5.97 Å². The van der Waals surface area contributed by atoms with Crippen LogP contribution in [-0.2, 0) is 14.3 Å². The molecule has 0 radical (unpaired) electrons. The van der Waals surface area contributed by atoms with Crippen LogP contribution in [0.3, 0.4) is 0 Å². The fourth-order valence-corrected chi connectivity index (χ4v) is 2.47. The zero-order valence-corrected chi connectivity index (χ0v) is 15.1. The lowest BCUT2D eigenvalue weighted by molar-refractivity contribution is -0.148. The van der Waals surface area contributed by atoms with Crippen molar-refractivity contribution < 1.29 is 14.3 Å². The lowest BCUT2D eigenvalue weighted by atomic mass is 10.1. The van der Waals surface area contributed by atoms with Crippen LogP contribution < -0.4 is 5.32 Å². The highest BCUT2D eigenvalue weighted by Gasteiger charge is 2.18. The van der Waals surface area contributed by atoms with Gasteiger partial charge in [-0.2, -0.15) is 0 Å². The SMILES string of the molecule is Cc1cccc(C)c1NC(=O)C(C)OC(=O)/C=C/c1ccccc1Cl. The number of halogens is 1.